The Morgan fingerprint density at radius 1 is 1.40 bits per heavy atom. The number of rotatable bonds is 5. The first kappa shape index (κ1) is 14.0. The third kappa shape index (κ3) is 3.14. The normalized spacial score (nSPS) is 10.3. The summed E-state index contributed by atoms with van der Waals surface area (Å²) in [4.78, 5) is 14.1. The van der Waals surface area contributed by atoms with Crippen molar-refractivity contribution in [2.24, 2.45) is 0 Å². The maximum atomic E-state index is 12.1. The van der Waals surface area contributed by atoms with Gasteiger partial charge in [-0.05, 0) is 25.1 Å². The molecule has 2 aromatic rings. The van der Waals surface area contributed by atoms with Gasteiger partial charge in [-0.2, -0.15) is 0 Å². The summed E-state index contributed by atoms with van der Waals surface area (Å²) >= 11 is 0. The molecule has 0 aliphatic rings. The molecule has 106 valence electrons. The van der Waals surface area contributed by atoms with E-state index in [4.69, 9.17) is 0 Å². The number of carbonyl (C=O) groups is 1. The Hall–Kier alpha value is -2.37. The first-order valence-corrected chi connectivity index (χ1v) is 6.54. The second-order valence-corrected chi connectivity index (χ2v) is 4.66. The van der Waals surface area contributed by atoms with Gasteiger partial charge in [0.2, 0.25) is 0 Å². The molecule has 0 aliphatic carbocycles. The molecular formula is C14H19N5O. The van der Waals surface area contributed by atoms with Crippen LogP contribution in [-0.4, -0.2) is 34.8 Å². The molecule has 20 heavy (non-hydrogen) atoms. The van der Waals surface area contributed by atoms with E-state index in [-0.39, 0.29) is 5.91 Å². The van der Waals surface area contributed by atoms with E-state index < -0.39 is 0 Å². The number of nitrogens with one attached hydrogen (secondary N) is 1. The van der Waals surface area contributed by atoms with Crippen molar-refractivity contribution < 1.29 is 4.79 Å². The van der Waals surface area contributed by atoms with E-state index in [9.17, 15) is 4.79 Å². The molecule has 0 radical (unpaired) electrons. The lowest BCUT2D eigenvalue weighted by molar-refractivity contribution is 0.0949. The van der Waals surface area contributed by atoms with Crippen LogP contribution in [0.3, 0.4) is 0 Å². The van der Waals surface area contributed by atoms with Crippen LogP contribution in [0.5, 0.6) is 0 Å². The molecule has 0 aliphatic heterocycles. The van der Waals surface area contributed by atoms with Crippen molar-refractivity contribution in [1.29, 1.82) is 0 Å². The maximum absolute atomic E-state index is 12.1. The molecule has 0 saturated heterocycles. The van der Waals surface area contributed by atoms with E-state index in [0.29, 0.717) is 12.1 Å². The van der Waals surface area contributed by atoms with E-state index in [1.54, 1.807) is 12.4 Å². The quantitative estimate of drug-likeness (QED) is 0.891. The Morgan fingerprint density at radius 2 is 2.20 bits per heavy atom. The van der Waals surface area contributed by atoms with Gasteiger partial charge in [-0.3, -0.25) is 4.79 Å². The number of nitrogens with zero attached hydrogens (tertiary/aromatic N) is 4. The fourth-order valence-electron chi connectivity index (χ4n) is 1.87. The first-order valence-electron chi connectivity index (χ1n) is 6.54. The summed E-state index contributed by atoms with van der Waals surface area (Å²) in [5, 5.41) is 10.7. The van der Waals surface area contributed by atoms with Crippen LogP contribution in [0, 0.1) is 0 Å². The second kappa shape index (κ2) is 6.18. The van der Waals surface area contributed by atoms with Crippen LogP contribution in [0.2, 0.25) is 0 Å². The lowest BCUT2D eigenvalue weighted by atomic mass is 10.2. The highest BCUT2D eigenvalue weighted by molar-refractivity contribution is 5.95. The van der Waals surface area contributed by atoms with Crippen LogP contribution in [0.25, 0.3) is 0 Å². The van der Waals surface area contributed by atoms with Gasteiger partial charge in [0.15, 0.2) is 5.82 Å². The summed E-state index contributed by atoms with van der Waals surface area (Å²) < 4.78 is 1.90. The maximum Gasteiger partial charge on any atom is 0.251 e. The van der Waals surface area contributed by atoms with Crippen LogP contribution in [-0.2, 0) is 13.1 Å². The predicted octanol–water partition coefficient (Wildman–Crippen LogP) is 1.29. The zero-order chi connectivity index (χ0) is 14.5. The topological polar surface area (TPSA) is 63.1 Å². The number of hydrogen-bond donors (Lipinski definition) is 1. The zero-order valence-corrected chi connectivity index (χ0v) is 12.0. The Bertz CT molecular complexity index is 591. The largest absolute Gasteiger partial charge is 0.378 e. The van der Waals surface area contributed by atoms with Crippen LogP contribution in [0.15, 0.2) is 30.6 Å². The molecule has 6 heteroatoms. The van der Waals surface area contributed by atoms with Gasteiger partial charge in [-0.25, -0.2) is 0 Å². The van der Waals surface area contributed by atoms with Crippen molar-refractivity contribution in [3.05, 3.63) is 42.0 Å². The highest BCUT2D eigenvalue weighted by atomic mass is 16.1. The molecule has 0 unspecified atom stereocenters. The second-order valence-electron chi connectivity index (χ2n) is 4.66. The lowest BCUT2D eigenvalue weighted by Gasteiger charge is -2.13. The summed E-state index contributed by atoms with van der Waals surface area (Å²) in [6.45, 7) is 3.17. The molecule has 0 spiro atoms. The number of anilines is 1. The molecule has 0 bridgehead atoms. The van der Waals surface area contributed by atoms with Crippen LogP contribution >= 0.6 is 0 Å². The molecule has 0 atom stereocenters. The number of carbonyl (C=O) groups excluding carboxylic acids is 1. The Labute approximate surface area is 118 Å². The van der Waals surface area contributed by atoms with Crippen LogP contribution in [0.4, 0.5) is 5.69 Å². The van der Waals surface area contributed by atoms with Crippen molar-refractivity contribution in [1.82, 2.24) is 20.1 Å². The minimum Gasteiger partial charge on any atom is -0.378 e. The standard InChI is InChI=1S/C14H19N5O/c1-4-19-10-16-17-13(19)9-15-14(20)11-6-5-7-12(8-11)18(2)3/h5-8,10H,4,9H2,1-3H3,(H,15,20). The van der Waals surface area contributed by atoms with Gasteiger partial charge in [-0.1, -0.05) is 6.07 Å². The Balaban J connectivity index is 2.03. The smallest absolute Gasteiger partial charge is 0.251 e. The molecule has 0 fully saturated rings. The van der Waals surface area contributed by atoms with E-state index in [1.165, 1.54) is 0 Å². The summed E-state index contributed by atoms with van der Waals surface area (Å²) in [6.07, 6.45) is 1.66. The Morgan fingerprint density at radius 3 is 2.90 bits per heavy atom. The lowest BCUT2D eigenvalue weighted by Crippen LogP contribution is -2.25. The summed E-state index contributed by atoms with van der Waals surface area (Å²) in [6, 6.07) is 7.50. The number of benzene rings is 1. The number of amides is 1. The average molecular weight is 273 g/mol. The Kier molecular flexibility index (Phi) is 4.34. The minimum atomic E-state index is -0.112. The van der Waals surface area contributed by atoms with Crippen LogP contribution < -0.4 is 10.2 Å². The predicted molar refractivity (Wildman–Crippen MR) is 77.6 cm³/mol. The van der Waals surface area contributed by atoms with Crippen molar-refractivity contribution >= 4 is 11.6 Å². The first-order chi connectivity index (χ1) is 9.61. The van der Waals surface area contributed by atoms with Gasteiger partial charge in [0.25, 0.3) is 5.91 Å². The minimum absolute atomic E-state index is 0.112. The molecule has 2 rings (SSSR count). The summed E-state index contributed by atoms with van der Waals surface area (Å²) in [7, 11) is 3.89. The van der Waals surface area contributed by atoms with E-state index in [1.807, 2.05) is 48.7 Å². The highest BCUT2D eigenvalue weighted by Gasteiger charge is 2.09. The van der Waals surface area contributed by atoms with E-state index in [0.717, 1.165) is 18.1 Å². The van der Waals surface area contributed by atoms with Gasteiger partial charge in [-0.15, -0.1) is 10.2 Å². The van der Waals surface area contributed by atoms with Crippen molar-refractivity contribution in [3.63, 3.8) is 0 Å². The number of hydrogen-bond acceptors (Lipinski definition) is 4. The van der Waals surface area contributed by atoms with Gasteiger partial charge in [0.1, 0.15) is 6.33 Å². The number of aryl methyl sites for hydroxylation is 1. The summed E-state index contributed by atoms with van der Waals surface area (Å²) in [5.41, 5.74) is 1.63. The molecule has 1 amide bonds. The monoisotopic (exact) mass is 273 g/mol. The van der Waals surface area contributed by atoms with Gasteiger partial charge in [0.05, 0.1) is 6.54 Å². The zero-order valence-electron chi connectivity index (χ0n) is 12.0. The number of aromatic nitrogens is 3. The van der Waals surface area contributed by atoms with Gasteiger partial charge < -0.3 is 14.8 Å². The molecule has 1 N–H and O–H groups in total. The fraction of sp³-hybridized carbons (Fsp3) is 0.357. The van der Waals surface area contributed by atoms with E-state index >= 15 is 0 Å². The average Bonchev–Trinajstić information content (AvgIpc) is 2.92. The van der Waals surface area contributed by atoms with Gasteiger partial charge in [0, 0.05) is 31.9 Å². The van der Waals surface area contributed by atoms with Crippen molar-refractivity contribution in [2.75, 3.05) is 19.0 Å². The molecule has 1 heterocycles. The third-order valence-corrected chi connectivity index (χ3v) is 3.07. The van der Waals surface area contributed by atoms with Crippen LogP contribution in [0.1, 0.15) is 23.1 Å². The molecule has 1 aromatic heterocycles. The molecule has 1 aromatic carbocycles. The molecular weight excluding hydrogens is 254 g/mol. The highest BCUT2D eigenvalue weighted by Crippen LogP contribution is 2.13. The SMILES string of the molecule is CCn1cnnc1CNC(=O)c1cccc(N(C)C)c1. The van der Waals surface area contributed by atoms with Gasteiger partial charge >= 0.3 is 0 Å². The van der Waals surface area contributed by atoms with Crippen molar-refractivity contribution in [2.45, 2.75) is 20.0 Å². The molecule has 0 saturated carbocycles. The van der Waals surface area contributed by atoms with E-state index in [2.05, 4.69) is 15.5 Å². The third-order valence-electron chi connectivity index (χ3n) is 3.07. The fourth-order valence-corrected chi connectivity index (χ4v) is 1.87. The molecule has 6 nitrogen and oxygen atoms in total. The van der Waals surface area contributed by atoms with Crippen molar-refractivity contribution in [3.8, 4) is 0 Å². The summed E-state index contributed by atoms with van der Waals surface area (Å²) in [5.74, 6) is 0.643.